The summed E-state index contributed by atoms with van der Waals surface area (Å²) in [5.74, 6) is 1.50. The number of nitrogens with zero attached hydrogens (tertiary/aromatic N) is 3. The lowest BCUT2D eigenvalue weighted by Crippen LogP contribution is -2.42. The van der Waals surface area contributed by atoms with Gasteiger partial charge in [-0.3, -0.25) is 4.79 Å². The van der Waals surface area contributed by atoms with E-state index in [1.165, 1.54) is 103 Å². The summed E-state index contributed by atoms with van der Waals surface area (Å²) in [5, 5.41) is 12.5. The van der Waals surface area contributed by atoms with E-state index in [1.54, 1.807) is 14.2 Å². The Morgan fingerprint density at radius 2 is 1.09 bits per heavy atom. The molecule has 1 aliphatic heterocycles. The van der Waals surface area contributed by atoms with Crippen LogP contribution in [-0.2, 0) is 28.9 Å². The number of allylic oxidation sites excluding steroid dienone is 8. The molecule has 12 nitrogen and oxygen atoms in total. The minimum absolute atomic E-state index is 0.0339. The fourth-order valence-electron chi connectivity index (χ4n) is 12.2. The van der Waals surface area contributed by atoms with Crippen LogP contribution in [0.15, 0.2) is 127 Å². The summed E-state index contributed by atoms with van der Waals surface area (Å²) in [6, 6.07) is 28.3. The molecule has 0 saturated carbocycles. The molecule has 3 aromatic carbocycles. The van der Waals surface area contributed by atoms with Gasteiger partial charge in [0, 0.05) is 31.6 Å². The van der Waals surface area contributed by atoms with Crippen molar-refractivity contribution in [3.63, 3.8) is 0 Å². The molecular formula is C79H123N4O8P. The number of likely N-dealkylation sites (tertiary alicyclic amines) is 1. The van der Waals surface area contributed by atoms with Crippen LogP contribution in [0.4, 0.5) is 4.79 Å². The second-order valence-electron chi connectivity index (χ2n) is 25.5. The van der Waals surface area contributed by atoms with E-state index in [2.05, 4.69) is 118 Å². The third kappa shape index (κ3) is 31.8. The SMILES string of the molecule is CCCCC/C=C\C/C=C\CCCCCCCCC(CCCCCCCC/C=C\C/C=C\CCCCC)OC(=O)NCCCCCC(=O)N1C[C@H](OP(OCCC#N)N(C(C)C)C(C)C)C[C@H]1COC(c1ccccc1)(c1ccc(OC)cc1)c1ccc(OC)cc1. The van der Waals surface area contributed by atoms with Gasteiger partial charge in [0.15, 0.2) is 0 Å². The zero-order valence-corrected chi connectivity index (χ0v) is 59.4. The zero-order valence-electron chi connectivity index (χ0n) is 58.5. The van der Waals surface area contributed by atoms with Gasteiger partial charge in [0.25, 0.3) is 8.53 Å². The number of nitriles is 1. The maximum absolute atomic E-state index is 14.7. The van der Waals surface area contributed by atoms with Crippen LogP contribution < -0.4 is 14.8 Å². The quantitative estimate of drug-likeness (QED) is 0.0252. The van der Waals surface area contributed by atoms with E-state index in [4.69, 9.17) is 28.0 Å². The van der Waals surface area contributed by atoms with Crippen molar-refractivity contribution in [1.29, 1.82) is 5.26 Å². The highest BCUT2D eigenvalue weighted by Crippen LogP contribution is 2.49. The molecule has 3 atom stereocenters. The van der Waals surface area contributed by atoms with Crippen LogP contribution in [0, 0.1) is 11.3 Å². The fraction of sp³-hybridized carbons (Fsp3) is 0.633. The Hall–Kier alpha value is -5.28. The number of hydrogen-bond acceptors (Lipinski definition) is 10. The van der Waals surface area contributed by atoms with Crippen molar-refractivity contribution in [2.75, 3.05) is 40.5 Å². The smallest absolute Gasteiger partial charge is 0.407 e. The van der Waals surface area contributed by atoms with E-state index >= 15 is 0 Å². The predicted octanol–water partition coefficient (Wildman–Crippen LogP) is 21.3. The lowest BCUT2D eigenvalue weighted by molar-refractivity contribution is -0.134. The van der Waals surface area contributed by atoms with E-state index in [-0.39, 0.29) is 62.0 Å². The summed E-state index contributed by atoms with van der Waals surface area (Å²) in [6.07, 6.45) is 51.9. The van der Waals surface area contributed by atoms with E-state index < -0.39 is 14.1 Å². The van der Waals surface area contributed by atoms with E-state index in [0.29, 0.717) is 32.4 Å². The number of unbranched alkanes of at least 4 members (excludes halogenated alkanes) is 20. The standard InChI is InChI=1S/C79H123N4O8P/c1-9-11-13-15-17-19-21-23-25-27-29-31-33-35-37-43-50-75(51-44-38-36-34-32-30-28-26-24-22-20-18-16-14-12-10-2)90-78(85)81-62-46-40-45-52-77(84)82-65-76(91-92(89-63-47-61-80)83(67(3)4)68(5)6)64-72(82)66-88-79(69-48-41-39-42-49-69,70-53-57-73(86-7)58-54-70)71-55-59-74(87-8)60-56-71/h17-20,23-26,39,41-42,48-49,53-60,67-68,72,75-76H,9-16,21-22,27-38,40,43-47,50-52,62-66H2,1-8H3,(H,81,85)/b19-17-,20-18-,25-23-,26-24-/t72-,76+,92?/m0/s1. The first kappa shape index (κ1) is 79.2. The molecule has 1 heterocycles. The van der Waals surface area contributed by atoms with Gasteiger partial charge in [-0.1, -0.05) is 201 Å². The molecule has 4 rings (SSSR count). The molecular weight excluding hydrogens is 1160 g/mol. The number of methoxy groups -OCH3 is 2. The second kappa shape index (κ2) is 50.2. The third-order valence-electron chi connectivity index (χ3n) is 17.3. The van der Waals surface area contributed by atoms with Gasteiger partial charge in [-0.05, 0) is 178 Å². The molecule has 2 amide bonds. The summed E-state index contributed by atoms with van der Waals surface area (Å²) in [4.78, 5) is 30.1. The zero-order chi connectivity index (χ0) is 66.1. The third-order valence-corrected chi connectivity index (χ3v) is 19.5. The molecule has 0 bridgehead atoms. The Morgan fingerprint density at radius 3 is 1.57 bits per heavy atom. The summed E-state index contributed by atoms with van der Waals surface area (Å²) in [7, 11) is 1.77. The number of carbonyl (C=O) groups excluding carboxylic acids is 2. The summed E-state index contributed by atoms with van der Waals surface area (Å²) < 4.78 is 40.4. The largest absolute Gasteiger partial charge is 0.497 e. The molecule has 512 valence electrons. The van der Waals surface area contributed by atoms with Gasteiger partial charge in [0.2, 0.25) is 5.91 Å². The van der Waals surface area contributed by atoms with Crippen LogP contribution in [-0.4, -0.2) is 92.4 Å². The number of nitrogens with one attached hydrogen (secondary N) is 1. The lowest BCUT2D eigenvalue weighted by Gasteiger charge is -2.38. The van der Waals surface area contributed by atoms with Crippen molar-refractivity contribution in [3.05, 3.63) is 144 Å². The molecule has 1 unspecified atom stereocenters. The fourth-order valence-corrected chi connectivity index (χ4v) is 13.9. The van der Waals surface area contributed by atoms with Crippen LogP contribution in [0.25, 0.3) is 0 Å². The van der Waals surface area contributed by atoms with Crippen molar-refractivity contribution in [2.24, 2.45) is 0 Å². The lowest BCUT2D eigenvalue weighted by atomic mass is 9.80. The number of rotatable bonds is 53. The van der Waals surface area contributed by atoms with Gasteiger partial charge in [0.05, 0.1) is 52.1 Å². The number of alkyl carbamates (subject to hydrolysis) is 1. The summed E-state index contributed by atoms with van der Waals surface area (Å²) in [5.41, 5.74) is 1.67. The molecule has 13 heteroatoms. The molecule has 0 aliphatic carbocycles. The van der Waals surface area contributed by atoms with Gasteiger partial charge in [0.1, 0.15) is 23.2 Å². The van der Waals surface area contributed by atoms with Crippen LogP contribution in [0.2, 0.25) is 0 Å². The Bertz CT molecular complexity index is 2410. The molecule has 1 saturated heterocycles. The van der Waals surface area contributed by atoms with Crippen molar-refractivity contribution in [2.45, 2.75) is 283 Å². The summed E-state index contributed by atoms with van der Waals surface area (Å²) >= 11 is 0. The molecule has 1 fully saturated rings. The number of carbonyl (C=O) groups is 2. The number of amides is 2. The molecule has 0 aromatic heterocycles. The van der Waals surface area contributed by atoms with Crippen molar-refractivity contribution in [3.8, 4) is 17.6 Å². The second-order valence-corrected chi connectivity index (χ2v) is 26.9. The maximum atomic E-state index is 14.7. The van der Waals surface area contributed by atoms with Crippen molar-refractivity contribution < 1.29 is 37.6 Å². The van der Waals surface area contributed by atoms with Gasteiger partial charge in [-0.15, -0.1) is 0 Å². The normalized spacial score (nSPS) is 15.0. The topological polar surface area (TPSA) is 132 Å². The van der Waals surface area contributed by atoms with E-state index in [1.807, 2.05) is 71.6 Å². The Morgan fingerprint density at radius 1 is 0.620 bits per heavy atom. The van der Waals surface area contributed by atoms with Gasteiger partial charge >= 0.3 is 6.09 Å². The molecule has 1 aliphatic rings. The average Bonchev–Trinajstić information content (AvgIpc) is 0.838. The molecule has 92 heavy (non-hydrogen) atoms. The predicted molar refractivity (Wildman–Crippen MR) is 383 cm³/mol. The van der Waals surface area contributed by atoms with Gasteiger partial charge < -0.3 is 38.2 Å². The monoisotopic (exact) mass is 1290 g/mol. The van der Waals surface area contributed by atoms with Crippen LogP contribution >= 0.6 is 8.53 Å². The maximum Gasteiger partial charge on any atom is 0.407 e. The minimum Gasteiger partial charge on any atom is -0.497 e. The van der Waals surface area contributed by atoms with E-state index in [9.17, 15) is 14.9 Å². The van der Waals surface area contributed by atoms with Gasteiger partial charge in [-0.2, -0.15) is 5.26 Å². The number of hydrogen-bond donors (Lipinski definition) is 1. The van der Waals surface area contributed by atoms with Gasteiger partial charge in [-0.25, -0.2) is 9.46 Å². The molecule has 3 aromatic rings. The van der Waals surface area contributed by atoms with Crippen LogP contribution in [0.1, 0.15) is 264 Å². The number of ether oxygens (including phenoxy) is 4. The molecule has 1 N–H and O–H groups in total. The number of benzene rings is 3. The first-order valence-corrected chi connectivity index (χ1v) is 37.2. The molecule has 0 radical (unpaired) electrons. The van der Waals surface area contributed by atoms with Crippen molar-refractivity contribution >= 4 is 20.5 Å². The Labute approximate surface area is 560 Å². The average molecular weight is 1290 g/mol. The van der Waals surface area contributed by atoms with Crippen LogP contribution in [0.3, 0.4) is 0 Å². The minimum atomic E-state index is -1.56. The van der Waals surface area contributed by atoms with E-state index in [0.717, 1.165) is 105 Å². The molecule has 0 spiro atoms. The highest BCUT2D eigenvalue weighted by molar-refractivity contribution is 7.44. The van der Waals surface area contributed by atoms with Crippen LogP contribution in [0.5, 0.6) is 11.5 Å². The highest BCUT2D eigenvalue weighted by Gasteiger charge is 2.43. The first-order chi connectivity index (χ1) is 45.0. The summed E-state index contributed by atoms with van der Waals surface area (Å²) in [6.45, 7) is 14.4. The highest BCUT2D eigenvalue weighted by atomic mass is 31.2. The Kier molecular flexibility index (Phi) is 43.2. The first-order valence-electron chi connectivity index (χ1n) is 36.1. The Balaban J connectivity index is 1.36. The van der Waals surface area contributed by atoms with Crippen molar-refractivity contribution in [1.82, 2.24) is 14.9 Å².